The normalized spacial score (nSPS) is 50.5. The van der Waals surface area contributed by atoms with Crippen molar-refractivity contribution in [3.8, 4) is 0 Å². The largest absolute Gasteiger partial charge is 0.462 e. The Kier molecular flexibility index (Phi) is 6.41. The molecule has 4 unspecified atom stereocenters. The highest BCUT2D eigenvalue weighted by atomic mass is 17.2. The first-order valence-electron chi connectivity index (χ1n) is 13.1. The molecule has 0 radical (unpaired) electrons. The lowest BCUT2D eigenvalue weighted by Gasteiger charge is -2.76. The summed E-state index contributed by atoms with van der Waals surface area (Å²) in [5.41, 5.74) is -2.53. The van der Waals surface area contributed by atoms with Crippen LogP contribution in [0.2, 0.25) is 0 Å². The number of esters is 1. The Bertz CT molecular complexity index is 907. The molecular formula is C26H40O10. The van der Waals surface area contributed by atoms with E-state index in [9.17, 15) is 20.1 Å². The average molecular weight is 513 g/mol. The van der Waals surface area contributed by atoms with Gasteiger partial charge >= 0.3 is 5.97 Å². The molecule has 3 N–H and O–H groups in total. The molecule has 6 fully saturated rings. The van der Waals surface area contributed by atoms with Crippen LogP contribution in [0.1, 0.15) is 53.9 Å². The van der Waals surface area contributed by atoms with Crippen LogP contribution in [0.15, 0.2) is 12.2 Å². The highest BCUT2D eigenvalue weighted by Crippen LogP contribution is 2.78. The van der Waals surface area contributed by atoms with Crippen LogP contribution in [0, 0.1) is 34.0 Å². The molecule has 10 nitrogen and oxygen atoms in total. The third kappa shape index (κ3) is 3.04. The number of ether oxygens (including phenoxy) is 2. The molecule has 2 aliphatic heterocycles. The molecule has 204 valence electrons. The van der Waals surface area contributed by atoms with Crippen molar-refractivity contribution < 1.29 is 49.1 Å². The van der Waals surface area contributed by atoms with Crippen LogP contribution >= 0.6 is 0 Å². The number of rotatable bonds is 7. The van der Waals surface area contributed by atoms with Crippen LogP contribution in [-0.4, -0.2) is 77.4 Å². The zero-order valence-corrected chi connectivity index (χ0v) is 21.8. The van der Waals surface area contributed by atoms with Crippen LogP contribution in [0.25, 0.3) is 0 Å². The molecule has 4 bridgehead atoms. The van der Waals surface area contributed by atoms with E-state index in [0.29, 0.717) is 18.4 Å². The molecule has 6 aliphatic rings. The third-order valence-corrected chi connectivity index (χ3v) is 9.91. The Morgan fingerprint density at radius 2 is 1.81 bits per heavy atom. The predicted molar refractivity (Wildman–Crippen MR) is 124 cm³/mol. The van der Waals surface area contributed by atoms with Gasteiger partial charge in [0.15, 0.2) is 6.10 Å². The molecule has 10 heteroatoms. The van der Waals surface area contributed by atoms with Gasteiger partial charge in [0.2, 0.25) is 5.79 Å². The molecule has 11 atom stereocenters. The lowest BCUT2D eigenvalue weighted by atomic mass is 9.35. The molecule has 0 aromatic heterocycles. The summed E-state index contributed by atoms with van der Waals surface area (Å²) in [6, 6.07) is 0. The summed E-state index contributed by atoms with van der Waals surface area (Å²) >= 11 is 0. The van der Waals surface area contributed by atoms with E-state index < -0.39 is 76.3 Å². The zero-order valence-electron chi connectivity index (χ0n) is 21.8. The van der Waals surface area contributed by atoms with Crippen LogP contribution in [0.3, 0.4) is 0 Å². The minimum atomic E-state index is -2.12. The third-order valence-electron chi connectivity index (χ3n) is 9.91. The molecule has 0 amide bonds. The molecule has 0 aromatic rings. The number of carbonyl (C=O) groups excluding carboxylic acids is 1. The summed E-state index contributed by atoms with van der Waals surface area (Å²) in [7, 11) is 0. The number of aliphatic hydroxyl groups is 3. The van der Waals surface area contributed by atoms with E-state index in [0.717, 1.165) is 0 Å². The first kappa shape index (κ1) is 26.5. The fourth-order valence-corrected chi connectivity index (χ4v) is 8.95. The zero-order chi connectivity index (χ0) is 26.3. The van der Waals surface area contributed by atoms with Gasteiger partial charge in [-0.3, -0.25) is 4.79 Å². The monoisotopic (exact) mass is 512 g/mol. The van der Waals surface area contributed by atoms with E-state index in [4.69, 9.17) is 29.0 Å². The Labute approximate surface area is 211 Å². The van der Waals surface area contributed by atoms with Gasteiger partial charge in [0.05, 0.1) is 37.4 Å². The summed E-state index contributed by atoms with van der Waals surface area (Å²) < 4.78 is 12.2. The van der Waals surface area contributed by atoms with Gasteiger partial charge in [-0.15, -0.1) is 0 Å². The summed E-state index contributed by atoms with van der Waals surface area (Å²) in [6.07, 6.45) is -3.42. The van der Waals surface area contributed by atoms with Gasteiger partial charge < -0.3 is 24.8 Å². The van der Waals surface area contributed by atoms with Gasteiger partial charge in [-0.1, -0.05) is 20.4 Å². The second-order valence-electron chi connectivity index (χ2n) is 11.8. The second kappa shape index (κ2) is 8.71. The molecule has 2 spiro atoms. The first-order chi connectivity index (χ1) is 16.9. The topological polar surface area (TPSA) is 133 Å². The number of aliphatic hydroxyl groups excluding tert-OH is 2. The van der Waals surface area contributed by atoms with E-state index in [1.165, 1.54) is 6.92 Å². The maximum atomic E-state index is 12.7. The van der Waals surface area contributed by atoms with Crippen molar-refractivity contribution in [2.75, 3.05) is 19.8 Å². The van der Waals surface area contributed by atoms with Crippen molar-refractivity contribution in [2.24, 2.45) is 34.0 Å². The number of carbonyl (C=O) groups is 1. The van der Waals surface area contributed by atoms with Crippen LogP contribution in [0.5, 0.6) is 0 Å². The van der Waals surface area contributed by atoms with Gasteiger partial charge in [-0.2, -0.15) is 0 Å². The number of hydrogen-bond donors (Lipinski definition) is 3. The Morgan fingerprint density at radius 3 is 2.44 bits per heavy atom. The number of fused-ring (bicyclic) bond motifs is 2. The SMILES string of the molecule is C=C1C(OOCC)[C@]23C([C@H](OC(C)=O)C[C@@H]1[C@H]2O)C12CO[C@]3(O)[C@H](OOCC)C1C(C)(C)CC[C@@H]2O. The molecule has 2 heterocycles. The van der Waals surface area contributed by atoms with Crippen molar-refractivity contribution in [1.82, 2.24) is 0 Å². The molecule has 4 saturated carbocycles. The fourth-order valence-electron chi connectivity index (χ4n) is 8.95. The summed E-state index contributed by atoms with van der Waals surface area (Å²) in [5, 5.41) is 36.4. The minimum absolute atomic E-state index is 0.000146. The highest BCUT2D eigenvalue weighted by Gasteiger charge is 2.89. The van der Waals surface area contributed by atoms with Crippen molar-refractivity contribution >= 4 is 5.97 Å². The molecular weight excluding hydrogens is 472 g/mol. The second-order valence-corrected chi connectivity index (χ2v) is 11.8. The van der Waals surface area contributed by atoms with Gasteiger partial charge in [-0.25, -0.2) is 19.6 Å². The Hall–Kier alpha value is -1.11. The maximum absolute atomic E-state index is 12.7. The van der Waals surface area contributed by atoms with Crippen molar-refractivity contribution in [3.63, 3.8) is 0 Å². The van der Waals surface area contributed by atoms with E-state index in [-0.39, 0.29) is 26.2 Å². The fraction of sp³-hybridized carbons (Fsp3) is 0.885. The lowest BCUT2D eigenvalue weighted by Crippen LogP contribution is -2.88. The highest BCUT2D eigenvalue weighted by molar-refractivity contribution is 5.66. The molecule has 36 heavy (non-hydrogen) atoms. The molecule has 4 aliphatic carbocycles. The Morgan fingerprint density at radius 1 is 1.14 bits per heavy atom. The molecule has 6 rings (SSSR count). The van der Waals surface area contributed by atoms with E-state index >= 15 is 0 Å². The average Bonchev–Trinajstić information content (AvgIpc) is 2.93. The summed E-state index contributed by atoms with van der Waals surface area (Å²) in [4.78, 5) is 35.0. The van der Waals surface area contributed by atoms with Crippen LogP contribution < -0.4 is 0 Å². The van der Waals surface area contributed by atoms with Gasteiger partial charge in [0.1, 0.15) is 12.2 Å². The molecule has 0 aromatic carbocycles. The van der Waals surface area contributed by atoms with Gasteiger partial charge in [0.25, 0.3) is 0 Å². The lowest BCUT2D eigenvalue weighted by molar-refractivity contribution is -0.530. The summed E-state index contributed by atoms with van der Waals surface area (Å²) in [5.74, 6) is -4.33. The smallest absolute Gasteiger partial charge is 0.302 e. The minimum Gasteiger partial charge on any atom is -0.462 e. The van der Waals surface area contributed by atoms with E-state index in [1.807, 2.05) is 0 Å². The van der Waals surface area contributed by atoms with Crippen molar-refractivity contribution in [3.05, 3.63) is 12.2 Å². The van der Waals surface area contributed by atoms with E-state index in [1.54, 1.807) is 13.8 Å². The number of hydrogen-bond acceptors (Lipinski definition) is 10. The van der Waals surface area contributed by atoms with Crippen LogP contribution in [-0.2, 0) is 33.8 Å². The van der Waals surface area contributed by atoms with E-state index in [2.05, 4.69) is 20.4 Å². The first-order valence-corrected chi connectivity index (χ1v) is 13.1. The standard InChI is InChI=1S/C26H40O10/c1-7-32-35-21-13(3)15-11-16(34-14(4)27)18-24-12-31-26(30,25(18,21)20(15)29)22(36-33-8-2)19(24)23(5,6)10-9-17(24)28/h15-22,28-30H,3,7-12H2,1-2,4-6H3/t15-,16+,17-,18?,19?,20+,21?,22+,24?,25-,26+/m0/s1. The van der Waals surface area contributed by atoms with Crippen molar-refractivity contribution in [2.45, 2.75) is 90.2 Å². The predicted octanol–water partition coefficient (Wildman–Crippen LogP) is 1.66. The molecule has 2 saturated heterocycles. The maximum Gasteiger partial charge on any atom is 0.302 e. The Balaban J connectivity index is 1.80. The van der Waals surface area contributed by atoms with Gasteiger partial charge in [-0.05, 0) is 44.1 Å². The van der Waals surface area contributed by atoms with Gasteiger partial charge in [0, 0.05) is 30.1 Å². The van der Waals surface area contributed by atoms with Crippen molar-refractivity contribution in [1.29, 1.82) is 0 Å². The van der Waals surface area contributed by atoms with Crippen LogP contribution in [0.4, 0.5) is 0 Å². The summed E-state index contributed by atoms with van der Waals surface area (Å²) in [6.45, 7) is 13.7. The quantitative estimate of drug-likeness (QED) is 0.200.